The van der Waals surface area contributed by atoms with Gasteiger partial charge in [0.25, 0.3) is 5.91 Å². The summed E-state index contributed by atoms with van der Waals surface area (Å²) in [7, 11) is 1.57. The quantitative estimate of drug-likeness (QED) is 0.774. The fraction of sp³-hybridized carbons (Fsp3) is 0.214. The number of para-hydroxylation sites is 1. The van der Waals surface area contributed by atoms with Crippen LogP contribution in [0.25, 0.3) is 0 Å². The molecule has 1 aromatic heterocycles. The van der Waals surface area contributed by atoms with E-state index in [0.29, 0.717) is 18.8 Å². The topological polar surface area (TPSA) is 91.1 Å². The summed E-state index contributed by atoms with van der Waals surface area (Å²) in [6.45, 7) is 4.29. The molecule has 0 fully saturated rings. The van der Waals surface area contributed by atoms with Gasteiger partial charge in [0.2, 0.25) is 5.82 Å². The van der Waals surface area contributed by atoms with E-state index in [1.807, 2.05) is 24.3 Å². The number of hydrogen-bond donors (Lipinski definition) is 2. The molecule has 1 aromatic carbocycles. The molecule has 0 radical (unpaired) electrons. The first-order valence-corrected chi connectivity index (χ1v) is 6.32. The number of nitrogens with zero attached hydrogens (tertiary/aromatic N) is 2. The van der Waals surface area contributed by atoms with Crippen LogP contribution in [0.5, 0.6) is 5.75 Å². The molecule has 2 N–H and O–H groups in total. The van der Waals surface area contributed by atoms with Crippen molar-refractivity contribution in [1.82, 2.24) is 20.1 Å². The minimum Gasteiger partial charge on any atom is -0.496 e. The van der Waals surface area contributed by atoms with E-state index in [1.165, 1.54) is 4.90 Å². The molecular weight excluding hydrogens is 272 g/mol. The highest BCUT2D eigenvalue weighted by atomic mass is 16.5. The number of rotatable bonds is 6. The molecule has 0 saturated heterocycles. The van der Waals surface area contributed by atoms with Gasteiger partial charge in [-0.3, -0.25) is 9.78 Å². The van der Waals surface area contributed by atoms with Crippen molar-refractivity contribution in [3.05, 3.63) is 58.8 Å². The first kappa shape index (κ1) is 14.6. The van der Waals surface area contributed by atoms with Crippen molar-refractivity contribution in [2.45, 2.75) is 6.54 Å². The normalized spacial score (nSPS) is 10.1. The number of aromatic nitrogens is 3. The van der Waals surface area contributed by atoms with Crippen LogP contribution in [0.1, 0.15) is 16.2 Å². The number of carbonyl (C=O) groups is 1. The predicted molar refractivity (Wildman–Crippen MR) is 77.1 cm³/mol. The van der Waals surface area contributed by atoms with Gasteiger partial charge in [-0.25, -0.2) is 9.89 Å². The molecule has 0 bridgehead atoms. The van der Waals surface area contributed by atoms with Gasteiger partial charge in [0.1, 0.15) is 5.75 Å². The van der Waals surface area contributed by atoms with E-state index in [4.69, 9.17) is 4.74 Å². The van der Waals surface area contributed by atoms with Crippen molar-refractivity contribution in [2.75, 3.05) is 13.7 Å². The molecular formula is C14H16N4O3. The number of methoxy groups -OCH3 is 1. The van der Waals surface area contributed by atoms with Gasteiger partial charge < -0.3 is 9.64 Å². The number of carbonyl (C=O) groups excluding carboxylic acids is 1. The van der Waals surface area contributed by atoms with Crippen molar-refractivity contribution >= 4 is 5.91 Å². The molecule has 21 heavy (non-hydrogen) atoms. The van der Waals surface area contributed by atoms with Crippen LogP contribution < -0.4 is 10.4 Å². The van der Waals surface area contributed by atoms with Crippen LogP contribution in [0.4, 0.5) is 0 Å². The number of H-pyrrole nitrogens is 2. The lowest BCUT2D eigenvalue weighted by atomic mass is 10.2. The maximum atomic E-state index is 12.3. The van der Waals surface area contributed by atoms with E-state index in [9.17, 15) is 9.59 Å². The number of ether oxygens (including phenoxy) is 1. The zero-order chi connectivity index (χ0) is 15.2. The molecule has 1 heterocycles. The second-order valence-electron chi connectivity index (χ2n) is 4.31. The average molecular weight is 288 g/mol. The van der Waals surface area contributed by atoms with Crippen LogP contribution in [0.3, 0.4) is 0 Å². The standard InChI is InChI=1S/C14H16N4O3/c1-3-8-18(13(19)12-15-14(20)17-16-12)9-10-6-4-5-7-11(10)21-2/h3-7H,1,8-9H2,2H3,(H2,15,16,17,20). The predicted octanol–water partition coefficient (Wildman–Crippen LogP) is 0.935. The van der Waals surface area contributed by atoms with Crippen LogP contribution in [0.2, 0.25) is 0 Å². The number of benzene rings is 1. The minimum absolute atomic E-state index is 0.0308. The Kier molecular flexibility index (Phi) is 4.55. The van der Waals surface area contributed by atoms with E-state index in [1.54, 1.807) is 13.2 Å². The van der Waals surface area contributed by atoms with Crippen molar-refractivity contribution < 1.29 is 9.53 Å². The summed E-state index contributed by atoms with van der Waals surface area (Å²) in [4.78, 5) is 27.2. The molecule has 7 heteroatoms. The van der Waals surface area contributed by atoms with E-state index in [-0.39, 0.29) is 11.7 Å². The monoisotopic (exact) mass is 288 g/mol. The summed E-state index contributed by atoms with van der Waals surface area (Å²) >= 11 is 0. The smallest absolute Gasteiger partial charge is 0.341 e. The lowest BCUT2D eigenvalue weighted by Gasteiger charge is -2.21. The van der Waals surface area contributed by atoms with Crippen molar-refractivity contribution in [2.24, 2.45) is 0 Å². The molecule has 2 aromatic rings. The summed E-state index contributed by atoms with van der Waals surface area (Å²) in [6, 6.07) is 7.41. The van der Waals surface area contributed by atoms with Gasteiger partial charge in [-0.2, -0.15) is 0 Å². The van der Waals surface area contributed by atoms with Gasteiger partial charge in [-0.15, -0.1) is 11.7 Å². The Bertz CT molecular complexity index is 689. The van der Waals surface area contributed by atoms with Gasteiger partial charge >= 0.3 is 5.69 Å². The summed E-state index contributed by atoms with van der Waals surface area (Å²) < 4.78 is 5.27. The first-order valence-electron chi connectivity index (χ1n) is 6.32. The van der Waals surface area contributed by atoms with Crippen LogP contribution in [-0.2, 0) is 6.54 Å². The highest BCUT2D eigenvalue weighted by Crippen LogP contribution is 2.19. The van der Waals surface area contributed by atoms with Crippen LogP contribution in [-0.4, -0.2) is 39.6 Å². The second-order valence-corrected chi connectivity index (χ2v) is 4.31. The number of amides is 1. The van der Waals surface area contributed by atoms with Crippen molar-refractivity contribution in [3.63, 3.8) is 0 Å². The second kappa shape index (κ2) is 6.56. The van der Waals surface area contributed by atoms with E-state index in [0.717, 1.165) is 5.56 Å². The number of aromatic amines is 2. The molecule has 0 aliphatic rings. The van der Waals surface area contributed by atoms with Gasteiger partial charge in [0.15, 0.2) is 0 Å². The maximum Gasteiger partial charge on any atom is 0.341 e. The molecule has 0 saturated carbocycles. The van der Waals surface area contributed by atoms with Crippen molar-refractivity contribution in [1.29, 1.82) is 0 Å². The Balaban J connectivity index is 2.24. The maximum absolute atomic E-state index is 12.3. The van der Waals surface area contributed by atoms with E-state index < -0.39 is 5.69 Å². The van der Waals surface area contributed by atoms with E-state index in [2.05, 4.69) is 21.8 Å². The summed E-state index contributed by atoms with van der Waals surface area (Å²) in [5.74, 6) is 0.269. The molecule has 0 aliphatic heterocycles. The fourth-order valence-corrected chi connectivity index (χ4v) is 1.94. The highest BCUT2D eigenvalue weighted by molar-refractivity contribution is 5.90. The summed E-state index contributed by atoms with van der Waals surface area (Å²) in [5.41, 5.74) is 0.335. The zero-order valence-electron chi connectivity index (χ0n) is 11.6. The molecule has 0 spiro atoms. The van der Waals surface area contributed by atoms with Gasteiger partial charge in [-0.05, 0) is 6.07 Å². The van der Waals surface area contributed by atoms with Crippen LogP contribution >= 0.6 is 0 Å². The zero-order valence-corrected chi connectivity index (χ0v) is 11.6. The summed E-state index contributed by atoms with van der Waals surface area (Å²) in [5, 5.41) is 5.83. The third-order valence-electron chi connectivity index (χ3n) is 2.89. The lowest BCUT2D eigenvalue weighted by molar-refractivity contribution is 0.0750. The van der Waals surface area contributed by atoms with Crippen LogP contribution in [0, 0.1) is 0 Å². The van der Waals surface area contributed by atoms with Crippen molar-refractivity contribution in [3.8, 4) is 5.75 Å². The first-order chi connectivity index (χ1) is 10.2. The Hall–Kier alpha value is -2.83. The van der Waals surface area contributed by atoms with E-state index >= 15 is 0 Å². The van der Waals surface area contributed by atoms with Gasteiger partial charge in [0.05, 0.1) is 13.7 Å². The Morgan fingerprint density at radius 3 is 2.86 bits per heavy atom. The molecule has 110 valence electrons. The molecule has 2 rings (SSSR count). The highest BCUT2D eigenvalue weighted by Gasteiger charge is 2.19. The van der Waals surface area contributed by atoms with Gasteiger partial charge in [-0.1, -0.05) is 24.3 Å². The molecule has 1 amide bonds. The lowest BCUT2D eigenvalue weighted by Crippen LogP contribution is -2.32. The number of hydrogen-bond acceptors (Lipinski definition) is 4. The third-order valence-corrected chi connectivity index (χ3v) is 2.89. The molecule has 0 aliphatic carbocycles. The molecule has 0 unspecified atom stereocenters. The molecule has 0 atom stereocenters. The Morgan fingerprint density at radius 2 is 2.24 bits per heavy atom. The van der Waals surface area contributed by atoms with Crippen LogP contribution in [0.15, 0.2) is 41.7 Å². The van der Waals surface area contributed by atoms with Gasteiger partial charge in [0, 0.05) is 12.1 Å². The largest absolute Gasteiger partial charge is 0.496 e. The fourth-order valence-electron chi connectivity index (χ4n) is 1.94. The minimum atomic E-state index is -0.519. The average Bonchev–Trinajstić information content (AvgIpc) is 2.93. The Morgan fingerprint density at radius 1 is 1.48 bits per heavy atom. The third kappa shape index (κ3) is 3.38. The summed E-state index contributed by atoms with van der Waals surface area (Å²) in [6.07, 6.45) is 1.61. The molecule has 7 nitrogen and oxygen atoms in total. The SMILES string of the molecule is C=CCN(Cc1ccccc1OC)C(=O)c1n[nH]c(=O)[nH]1. The number of nitrogens with one attached hydrogen (secondary N) is 2. The Labute approximate surface area is 121 Å².